The number of amidine groups is 1. The fraction of sp³-hybridized carbons (Fsp3) is 0.250. The smallest absolute Gasteiger partial charge is 0.289 e. The molecule has 5 nitrogen and oxygen atoms in total. The van der Waals surface area contributed by atoms with E-state index in [1.165, 1.54) is 13.3 Å². The lowest BCUT2D eigenvalue weighted by molar-refractivity contribution is -0.111. The largest absolute Gasteiger partial charge is 0.481 e. The number of carbonyl (C=O) groups excluding carboxylic acids is 1. The van der Waals surface area contributed by atoms with Crippen molar-refractivity contribution in [2.75, 3.05) is 7.11 Å². The first-order chi connectivity index (χ1) is 6.29. The minimum Gasteiger partial charge on any atom is -0.481 e. The second-order valence-corrected chi connectivity index (χ2v) is 2.54. The molecule has 13 heavy (non-hydrogen) atoms. The molecule has 2 rings (SSSR count). The van der Waals surface area contributed by atoms with E-state index >= 15 is 0 Å². The Bertz CT molecular complexity index is 366. The van der Waals surface area contributed by atoms with Crippen LogP contribution in [0.2, 0.25) is 0 Å². The number of fused-ring (bicyclic) bond motifs is 1. The quantitative estimate of drug-likeness (QED) is 0.522. The van der Waals surface area contributed by atoms with Crippen LogP contribution in [0, 0.1) is 0 Å². The minimum atomic E-state index is -0.374. The summed E-state index contributed by atoms with van der Waals surface area (Å²) in [7, 11) is 1.51. The summed E-state index contributed by atoms with van der Waals surface area (Å²) in [5.74, 6) is 0.465. The summed E-state index contributed by atoms with van der Waals surface area (Å²) in [6, 6.07) is -0.225. The molecule has 0 aromatic rings. The number of nitrogens with zero attached hydrogens (tertiary/aromatic N) is 3. The topological polar surface area (TPSA) is 63.4 Å². The van der Waals surface area contributed by atoms with Crippen molar-refractivity contribution in [3.63, 3.8) is 0 Å². The van der Waals surface area contributed by atoms with Crippen LogP contribution in [-0.2, 0) is 9.53 Å². The summed E-state index contributed by atoms with van der Waals surface area (Å²) in [6.07, 6.45) is 4.69. The van der Waals surface area contributed by atoms with Gasteiger partial charge in [-0.05, 0) is 12.2 Å². The van der Waals surface area contributed by atoms with E-state index in [2.05, 4.69) is 15.0 Å². The van der Waals surface area contributed by atoms with Crippen molar-refractivity contribution >= 4 is 23.9 Å². The van der Waals surface area contributed by atoms with Gasteiger partial charge in [-0.2, -0.15) is 9.98 Å². The van der Waals surface area contributed by atoms with E-state index in [0.29, 0.717) is 11.7 Å². The molecular formula is C8H7N3O2. The van der Waals surface area contributed by atoms with Gasteiger partial charge in [-0.1, -0.05) is 0 Å². The van der Waals surface area contributed by atoms with Crippen molar-refractivity contribution in [1.29, 1.82) is 0 Å². The Morgan fingerprint density at radius 3 is 3.08 bits per heavy atom. The maximum absolute atomic E-state index is 10.8. The summed E-state index contributed by atoms with van der Waals surface area (Å²) in [5.41, 5.74) is 0. The number of aliphatic imine (C=N–C) groups is 3. The average Bonchev–Trinajstić information content (AvgIpc) is 2.16. The number of ether oxygens (including phenoxy) is 1. The Hall–Kier alpha value is -1.78. The molecule has 2 aliphatic heterocycles. The van der Waals surface area contributed by atoms with Crippen LogP contribution in [0.4, 0.5) is 0 Å². The van der Waals surface area contributed by atoms with Gasteiger partial charge in [0.05, 0.1) is 13.3 Å². The van der Waals surface area contributed by atoms with Crippen molar-refractivity contribution in [2.45, 2.75) is 6.04 Å². The molecule has 0 aliphatic carbocycles. The van der Waals surface area contributed by atoms with Gasteiger partial charge in [-0.3, -0.25) is 9.79 Å². The van der Waals surface area contributed by atoms with Gasteiger partial charge >= 0.3 is 0 Å². The van der Waals surface area contributed by atoms with Gasteiger partial charge in [-0.25, -0.2) is 0 Å². The molecule has 0 spiro atoms. The lowest BCUT2D eigenvalue weighted by Crippen LogP contribution is -2.26. The highest BCUT2D eigenvalue weighted by Crippen LogP contribution is 2.09. The van der Waals surface area contributed by atoms with E-state index in [4.69, 9.17) is 4.74 Å². The zero-order chi connectivity index (χ0) is 9.26. The molecule has 66 valence electrons. The number of carbonyl (C=O) groups is 1. The summed E-state index contributed by atoms with van der Waals surface area (Å²) in [6.45, 7) is 0. The van der Waals surface area contributed by atoms with Crippen molar-refractivity contribution < 1.29 is 9.53 Å². The zero-order valence-corrected chi connectivity index (χ0v) is 6.97. The van der Waals surface area contributed by atoms with Crippen LogP contribution in [0.3, 0.4) is 0 Å². The molecule has 1 unspecified atom stereocenters. The van der Waals surface area contributed by atoms with Gasteiger partial charge in [0.25, 0.3) is 5.91 Å². The molecule has 1 amide bonds. The van der Waals surface area contributed by atoms with E-state index in [0.717, 1.165) is 0 Å². The van der Waals surface area contributed by atoms with Gasteiger partial charge < -0.3 is 4.74 Å². The number of hydrogen-bond acceptors (Lipinski definition) is 4. The molecule has 5 heteroatoms. The third-order valence-electron chi connectivity index (χ3n) is 1.69. The predicted octanol–water partition coefficient (Wildman–Crippen LogP) is -0.0208. The molecular weight excluding hydrogens is 170 g/mol. The first-order valence-corrected chi connectivity index (χ1v) is 3.76. The second-order valence-electron chi connectivity index (χ2n) is 2.54. The first kappa shape index (κ1) is 7.85. The molecule has 0 saturated heterocycles. The van der Waals surface area contributed by atoms with Crippen LogP contribution in [0.5, 0.6) is 0 Å². The van der Waals surface area contributed by atoms with E-state index < -0.39 is 0 Å². The monoisotopic (exact) mass is 177 g/mol. The van der Waals surface area contributed by atoms with E-state index in [1.54, 1.807) is 12.2 Å². The zero-order valence-electron chi connectivity index (χ0n) is 6.97. The van der Waals surface area contributed by atoms with Crippen LogP contribution < -0.4 is 0 Å². The molecule has 0 saturated carbocycles. The van der Waals surface area contributed by atoms with Crippen LogP contribution in [0.25, 0.3) is 0 Å². The summed E-state index contributed by atoms with van der Waals surface area (Å²) in [4.78, 5) is 22.5. The number of amides is 1. The maximum atomic E-state index is 10.8. The highest BCUT2D eigenvalue weighted by Gasteiger charge is 2.20. The normalized spacial score (nSPS) is 25.0. The molecule has 2 heterocycles. The predicted molar refractivity (Wildman–Crippen MR) is 48.3 cm³/mol. The first-order valence-electron chi connectivity index (χ1n) is 3.76. The summed E-state index contributed by atoms with van der Waals surface area (Å²) >= 11 is 0. The van der Waals surface area contributed by atoms with Crippen molar-refractivity contribution in [3.8, 4) is 0 Å². The van der Waals surface area contributed by atoms with Gasteiger partial charge in [-0.15, -0.1) is 0 Å². The number of rotatable bonds is 0. The van der Waals surface area contributed by atoms with Crippen LogP contribution in [-0.4, -0.2) is 37.0 Å². The Morgan fingerprint density at radius 2 is 2.31 bits per heavy atom. The van der Waals surface area contributed by atoms with Gasteiger partial charge in [0.2, 0.25) is 5.90 Å². The third-order valence-corrected chi connectivity index (χ3v) is 1.69. The van der Waals surface area contributed by atoms with Crippen LogP contribution in [0.15, 0.2) is 27.1 Å². The fourth-order valence-electron chi connectivity index (χ4n) is 1.08. The molecule has 0 aromatic carbocycles. The molecule has 1 atom stereocenters. The Labute approximate surface area is 74.6 Å². The van der Waals surface area contributed by atoms with Crippen molar-refractivity contribution in [2.24, 2.45) is 15.0 Å². The molecule has 0 radical (unpaired) electrons. The highest BCUT2D eigenvalue weighted by atomic mass is 16.5. The van der Waals surface area contributed by atoms with Gasteiger partial charge in [0.1, 0.15) is 6.04 Å². The number of hydrogen-bond donors (Lipinski definition) is 0. The van der Waals surface area contributed by atoms with Crippen molar-refractivity contribution in [3.05, 3.63) is 12.2 Å². The van der Waals surface area contributed by atoms with Gasteiger partial charge in [0, 0.05) is 0 Å². The highest BCUT2D eigenvalue weighted by molar-refractivity contribution is 6.32. The standard InChI is InChI=1S/C8H7N3O2/c1-13-7-3-2-5-8(11-7)10-6(12)4-9-5/h2-5H,1H3. The van der Waals surface area contributed by atoms with E-state index in [-0.39, 0.29) is 11.9 Å². The average molecular weight is 177 g/mol. The van der Waals surface area contributed by atoms with E-state index in [1.807, 2.05) is 0 Å². The molecule has 0 fully saturated rings. The third kappa shape index (κ3) is 1.40. The van der Waals surface area contributed by atoms with Crippen LogP contribution >= 0.6 is 0 Å². The number of methoxy groups -OCH3 is 1. The number of dihydropyridines is 1. The fourth-order valence-corrected chi connectivity index (χ4v) is 1.08. The van der Waals surface area contributed by atoms with Crippen molar-refractivity contribution in [1.82, 2.24) is 0 Å². The summed E-state index contributed by atoms with van der Waals surface area (Å²) < 4.78 is 4.89. The van der Waals surface area contributed by atoms with Crippen LogP contribution in [0.1, 0.15) is 0 Å². The molecule has 0 N–H and O–H groups in total. The molecule has 2 aliphatic rings. The Balaban J connectivity index is 2.33. The lowest BCUT2D eigenvalue weighted by Gasteiger charge is -2.14. The molecule has 0 aromatic heterocycles. The lowest BCUT2D eigenvalue weighted by atomic mass is 10.2. The Morgan fingerprint density at radius 1 is 1.46 bits per heavy atom. The second kappa shape index (κ2) is 2.93. The van der Waals surface area contributed by atoms with E-state index in [9.17, 15) is 4.79 Å². The maximum Gasteiger partial charge on any atom is 0.289 e. The molecule has 0 bridgehead atoms. The minimum absolute atomic E-state index is 0.225. The summed E-state index contributed by atoms with van der Waals surface area (Å²) in [5, 5.41) is 0. The Kier molecular flexibility index (Phi) is 1.77. The SMILES string of the molecule is COC1=NC2=NC(=O)C=NC2C=C1. The van der Waals surface area contributed by atoms with Gasteiger partial charge in [0.15, 0.2) is 5.84 Å².